The maximum Gasteiger partial charge on any atom is 0.339 e. The SMILES string of the molecule is CN(C(=O)N1CCCSC1=S)N1CCOCC1. The van der Waals surface area contributed by atoms with Gasteiger partial charge in [0.25, 0.3) is 0 Å². The number of amides is 2. The minimum Gasteiger partial charge on any atom is -0.379 e. The second kappa shape index (κ2) is 5.99. The molecule has 0 spiro atoms. The van der Waals surface area contributed by atoms with Crippen LogP contribution in [0.1, 0.15) is 6.42 Å². The van der Waals surface area contributed by atoms with Crippen molar-refractivity contribution in [1.82, 2.24) is 14.9 Å². The minimum absolute atomic E-state index is 0.0240. The molecule has 0 saturated carbocycles. The first-order valence-corrected chi connectivity index (χ1v) is 7.14. The molecule has 5 nitrogen and oxygen atoms in total. The van der Waals surface area contributed by atoms with E-state index in [1.807, 2.05) is 5.01 Å². The van der Waals surface area contributed by atoms with Crippen LogP contribution in [0.2, 0.25) is 0 Å². The Morgan fingerprint density at radius 1 is 1.41 bits per heavy atom. The van der Waals surface area contributed by atoms with Gasteiger partial charge in [0, 0.05) is 32.4 Å². The highest BCUT2D eigenvalue weighted by Gasteiger charge is 2.28. The summed E-state index contributed by atoms with van der Waals surface area (Å²) >= 11 is 6.81. The standard InChI is InChI=1S/C10H17N3O2S2/c1-11(12-4-6-15-7-5-12)9(14)13-3-2-8-17-10(13)16/h2-8H2,1H3. The molecule has 2 amide bonds. The Labute approximate surface area is 111 Å². The van der Waals surface area contributed by atoms with Gasteiger partial charge in [0.2, 0.25) is 0 Å². The maximum absolute atomic E-state index is 12.3. The predicted molar refractivity (Wildman–Crippen MR) is 71.9 cm³/mol. The normalized spacial score (nSPS) is 22.6. The molecule has 17 heavy (non-hydrogen) atoms. The molecular formula is C10H17N3O2S2. The van der Waals surface area contributed by atoms with Crippen LogP contribution >= 0.6 is 24.0 Å². The van der Waals surface area contributed by atoms with Crippen molar-refractivity contribution in [3.63, 3.8) is 0 Å². The van der Waals surface area contributed by atoms with Gasteiger partial charge in [0.1, 0.15) is 4.32 Å². The lowest BCUT2D eigenvalue weighted by atomic mass is 10.4. The largest absolute Gasteiger partial charge is 0.379 e. The van der Waals surface area contributed by atoms with Crippen molar-refractivity contribution in [1.29, 1.82) is 0 Å². The number of nitrogens with zero attached hydrogens (tertiary/aromatic N) is 3. The highest BCUT2D eigenvalue weighted by atomic mass is 32.2. The van der Waals surface area contributed by atoms with Gasteiger partial charge in [0.15, 0.2) is 0 Å². The van der Waals surface area contributed by atoms with Crippen LogP contribution in [0.4, 0.5) is 4.79 Å². The van der Waals surface area contributed by atoms with E-state index in [9.17, 15) is 4.79 Å². The van der Waals surface area contributed by atoms with E-state index in [2.05, 4.69) is 0 Å². The van der Waals surface area contributed by atoms with Gasteiger partial charge in [0.05, 0.1) is 13.2 Å². The molecule has 0 radical (unpaired) electrons. The van der Waals surface area contributed by atoms with E-state index in [0.717, 1.165) is 31.8 Å². The number of morpholine rings is 1. The molecule has 2 fully saturated rings. The fourth-order valence-corrected chi connectivity index (χ4v) is 3.07. The number of rotatable bonds is 1. The molecule has 0 atom stereocenters. The highest BCUT2D eigenvalue weighted by molar-refractivity contribution is 8.23. The summed E-state index contributed by atoms with van der Waals surface area (Å²) in [7, 11) is 1.80. The van der Waals surface area contributed by atoms with Crippen molar-refractivity contribution >= 4 is 34.3 Å². The van der Waals surface area contributed by atoms with Gasteiger partial charge in [-0.3, -0.25) is 9.91 Å². The number of carbonyl (C=O) groups excluding carboxylic acids is 1. The Bertz CT molecular complexity index is 308. The zero-order valence-corrected chi connectivity index (χ0v) is 11.6. The Morgan fingerprint density at radius 2 is 2.12 bits per heavy atom. The zero-order valence-electron chi connectivity index (χ0n) is 9.92. The third-order valence-corrected chi connectivity index (χ3v) is 4.43. The lowest BCUT2D eigenvalue weighted by molar-refractivity contribution is -0.0543. The molecular weight excluding hydrogens is 258 g/mol. The van der Waals surface area contributed by atoms with Crippen molar-refractivity contribution in [3.8, 4) is 0 Å². The number of hydrazine groups is 1. The maximum atomic E-state index is 12.3. The van der Waals surface area contributed by atoms with Crippen molar-refractivity contribution in [2.75, 3.05) is 45.6 Å². The summed E-state index contributed by atoms with van der Waals surface area (Å²) < 4.78 is 5.97. The molecule has 96 valence electrons. The van der Waals surface area contributed by atoms with Crippen LogP contribution in [0, 0.1) is 0 Å². The number of urea groups is 1. The molecule has 2 saturated heterocycles. The molecule has 2 aliphatic rings. The summed E-state index contributed by atoms with van der Waals surface area (Å²) in [6.07, 6.45) is 1.01. The van der Waals surface area contributed by atoms with Gasteiger partial charge >= 0.3 is 6.03 Å². The van der Waals surface area contributed by atoms with E-state index in [1.54, 1.807) is 28.7 Å². The van der Waals surface area contributed by atoms with Crippen LogP contribution in [-0.4, -0.2) is 70.9 Å². The monoisotopic (exact) mass is 275 g/mol. The van der Waals surface area contributed by atoms with Crippen LogP contribution in [0.3, 0.4) is 0 Å². The predicted octanol–water partition coefficient (Wildman–Crippen LogP) is 1.01. The van der Waals surface area contributed by atoms with E-state index in [0.29, 0.717) is 17.5 Å². The summed E-state index contributed by atoms with van der Waals surface area (Å²) in [6.45, 7) is 3.61. The molecule has 0 aromatic heterocycles. The van der Waals surface area contributed by atoms with Gasteiger partial charge in [-0.25, -0.2) is 9.80 Å². The van der Waals surface area contributed by atoms with Crippen molar-refractivity contribution in [2.24, 2.45) is 0 Å². The lowest BCUT2D eigenvalue weighted by Crippen LogP contribution is -2.55. The van der Waals surface area contributed by atoms with E-state index in [-0.39, 0.29) is 6.03 Å². The Morgan fingerprint density at radius 3 is 2.76 bits per heavy atom. The summed E-state index contributed by atoms with van der Waals surface area (Å²) in [5.74, 6) is 1.02. The molecule has 0 bridgehead atoms. The van der Waals surface area contributed by atoms with Gasteiger partial charge in [-0.05, 0) is 6.42 Å². The van der Waals surface area contributed by atoms with Gasteiger partial charge in [-0.15, -0.1) is 0 Å². The zero-order chi connectivity index (χ0) is 12.3. The van der Waals surface area contributed by atoms with E-state index < -0.39 is 0 Å². The van der Waals surface area contributed by atoms with E-state index in [4.69, 9.17) is 17.0 Å². The van der Waals surface area contributed by atoms with Gasteiger partial charge in [-0.2, -0.15) is 0 Å². The average molecular weight is 275 g/mol. The molecule has 7 heteroatoms. The number of ether oxygens (including phenoxy) is 1. The second-order valence-electron chi connectivity index (χ2n) is 3.99. The third kappa shape index (κ3) is 3.09. The van der Waals surface area contributed by atoms with Crippen LogP contribution in [-0.2, 0) is 4.74 Å². The average Bonchev–Trinajstić information content (AvgIpc) is 2.39. The number of carbonyl (C=O) groups is 1. The number of hydrogen-bond donors (Lipinski definition) is 0. The minimum atomic E-state index is -0.0240. The summed E-state index contributed by atoms with van der Waals surface area (Å²) in [5, 5.41) is 3.68. The first-order valence-electron chi connectivity index (χ1n) is 5.75. The summed E-state index contributed by atoms with van der Waals surface area (Å²) in [6, 6.07) is -0.0240. The Balaban J connectivity index is 1.95. The van der Waals surface area contributed by atoms with Crippen molar-refractivity contribution in [2.45, 2.75) is 6.42 Å². The molecule has 0 aromatic rings. The highest BCUT2D eigenvalue weighted by Crippen LogP contribution is 2.19. The summed E-state index contributed by atoms with van der Waals surface area (Å²) in [4.78, 5) is 14.0. The molecule has 0 unspecified atom stereocenters. The van der Waals surface area contributed by atoms with E-state index in [1.165, 1.54) is 0 Å². The van der Waals surface area contributed by atoms with Crippen LogP contribution < -0.4 is 0 Å². The molecule has 2 aliphatic heterocycles. The number of hydrogen-bond acceptors (Lipinski definition) is 5. The lowest BCUT2D eigenvalue weighted by Gasteiger charge is -2.38. The smallest absolute Gasteiger partial charge is 0.339 e. The first-order chi connectivity index (χ1) is 8.20. The Kier molecular flexibility index (Phi) is 4.61. The number of thioether (sulfide) groups is 1. The molecule has 0 aromatic carbocycles. The quantitative estimate of drug-likeness (QED) is 0.668. The second-order valence-corrected chi connectivity index (χ2v) is 5.72. The van der Waals surface area contributed by atoms with Crippen molar-refractivity contribution < 1.29 is 9.53 Å². The molecule has 2 rings (SSSR count). The molecule has 0 N–H and O–H groups in total. The van der Waals surface area contributed by atoms with Crippen LogP contribution in [0.15, 0.2) is 0 Å². The third-order valence-electron chi connectivity index (χ3n) is 2.89. The van der Waals surface area contributed by atoms with Gasteiger partial charge in [-0.1, -0.05) is 24.0 Å². The summed E-state index contributed by atoms with van der Waals surface area (Å²) in [5.41, 5.74) is 0. The fraction of sp³-hybridized carbons (Fsp3) is 0.800. The Hall–Kier alpha value is -0.370. The van der Waals surface area contributed by atoms with Crippen LogP contribution in [0.25, 0.3) is 0 Å². The van der Waals surface area contributed by atoms with Gasteiger partial charge < -0.3 is 4.74 Å². The fourth-order valence-electron chi connectivity index (χ4n) is 1.87. The molecule has 2 heterocycles. The van der Waals surface area contributed by atoms with Crippen LogP contribution in [0.5, 0.6) is 0 Å². The number of thiocarbonyl (C=S) groups is 1. The topological polar surface area (TPSA) is 36.0 Å². The molecule has 0 aliphatic carbocycles. The first kappa shape index (κ1) is 13.1. The van der Waals surface area contributed by atoms with E-state index >= 15 is 0 Å². The van der Waals surface area contributed by atoms with Crippen molar-refractivity contribution in [3.05, 3.63) is 0 Å².